The number of nitrogens with zero attached hydrogens (tertiary/aromatic N) is 1. The molecule has 3 rings (SSSR count). The van der Waals surface area contributed by atoms with Crippen LogP contribution >= 0.6 is 0 Å². The molecule has 2 unspecified atom stereocenters. The summed E-state index contributed by atoms with van der Waals surface area (Å²) < 4.78 is 0. The summed E-state index contributed by atoms with van der Waals surface area (Å²) in [6.45, 7) is 7.61. The molecule has 0 radical (unpaired) electrons. The molecule has 3 aliphatic rings. The van der Waals surface area contributed by atoms with E-state index in [9.17, 15) is 0 Å². The van der Waals surface area contributed by atoms with Gasteiger partial charge in [-0.3, -0.25) is 4.90 Å². The van der Waals surface area contributed by atoms with E-state index in [0.717, 1.165) is 18.1 Å². The number of hydrogen-bond donors (Lipinski definition) is 1. The lowest BCUT2D eigenvalue weighted by Crippen LogP contribution is -2.47. The second kappa shape index (κ2) is 4.55. The molecule has 0 bridgehead atoms. The van der Waals surface area contributed by atoms with Gasteiger partial charge in [0.15, 0.2) is 0 Å². The molecule has 1 aliphatic heterocycles. The standard InChI is InChI=1S/C15H28N2/c1-15(2)9-4-3-5-14(15)17-10-8-13(11-17)16-12-6-7-12/h12-14,16H,3-11H2,1-2H3. The lowest BCUT2D eigenvalue weighted by Gasteiger charge is -2.44. The first kappa shape index (κ1) is 12.0. The molecule has 0 aromatic carbocycles. The van der Waals surface area contributed by atoms with Crippen LogP contribution in [0.4, 0.5) is 0 Å². The molecule has 0 spiro atoms. The summed E-state index contributed by atoms with van der Waals surface area (Å²) in [7, 11) is 0. The van der Waals surface area contributed by atoms with Gasteiger partial charge in [0.25, 0.3) is 0 Å². The quantitative estimate of drug-likeness (QED) is 0.810. The molecule has 2 atom stereocenters. The fourth-order valence-electron chi connectivity index (χ4n) is 3.94. The molecule has 2 nitrogen and oxygen atoms in total. The van der Waals surface area contributed by atoms with Gasteiger partial charge in [0.2, 0.25) is 0 Å². The average Bonchev–Trinajstić information content (AvgIpc) is 2.96. The van der Waals surface area contributed by atoms with Crippen molar-refractivity contribution >= 4 is 0 Å². The summed E-state index contributed by atoms with van der Waals surface area (Å²) in [5.41, 5.74) is 0.548. The molecule has 2 aliphatic carbocycles. The molecule has 17 heavy (non-hydrogen) atoms. The van der Waals surface area contributed by atoms with Crippen molar-refractivity contribution in [1.82, 2.24) is 10.2 Å². The lowest BCUT2D eigenvalue weighted by atomic mass is 9.72. The molecule has 1 saturated heterocycles. The van der Waals surface area contributed by atoms with Crippen molar-refractivity contribution in [1.29, 1.82) is 0 Å². The van der Waals surface area contributed by atoms with E-state index >= 15 is 0 Å². The van der Waals surface area contributed by atoms with Crippen molar-refractivity contribution in [2.45, 2.75) is 76.9 Å². The first-order valence-corrected chi connectivity index (χ1v) is 7.65. The Labute approximate surface area is 106 Å². The van der Waals surface area contributed by atoms with Crippen molar-refractivity contribution in [2.75, 3.05) is 13.1 Å². The molecular formula is C15H28N2. The van der Waals surface area contributed by atoms with Gasteiger partial charge in [0, 0.05) is 31.2 Å². The summed E-state index contributed by atoms with van der Waals surface area (Å²) >= 11 is 0. The fourth-order valence-corrected chi connectivity index (χ4v) is 3.94. The van der Waals surface area contributed by atoms with Crippen LogP contribution in [0.25, 0.3) is 0 Å². The minimum absolute atomic E-state index is 0.548. The van der Waals surface area contributed by atoms with Gasteiger partial charge in [0.1, 0.15) is 0 Å². The number of nitrogens with one attached hydrogen (secondary N) is 1. The minimum Gasteiger partial charge on any atom is -0.310 e. The maximum absolute atomic E-state index is 3.81. The van der Waals surface area contributed by atoms with E-state index in [1.165, 1.54) is 58.0 Å². The molecule has 1 N–H and O–H groups in total. The first-order valence-electron chi connectivity index (χ1n) is 7.65. The van der Waals surface area contributed by atoms with Crippen LogP contribution in [0.5, 0.6) is 0 Å². The third-order valence-corrected chi connectivity index (χ3v) is 5.16. The van der Waals surface area contributed by atoms with E-state index in [1.807, 2.05) is 0 Å². The summed E-state index contributed by atoms with van der Waals surface area (Å²) in [6, 6.07) is 2.52. The zero-order valence-electron chi connectivity index (χ0n) is 11.5. The summed E-state index contributed by atoms with van der Waals surface area (Å²) in [6.07, 6.45) is 9.98. The number of rotatable bonds is 3. The van der Waals surface area contributed by atoms with E-state index in [0.29, 0.717) is 5.41 Å². The Morgan fingerprint density at radius 1 is 1.00 bits per heavy atom. The molecule has 0 aromatic rings. The van der Waals surface area contributed by atoms with Crippen LogP contribution in [0.2, 0.25) is 0 Å². The monoisotopic (exact) mass is 236 g/mol. The Kier molecular flexibility index (Phi) is 3.20. The van der Waals surface area contributed by atoms with Crippen molar-refractivity contribution in [3.05, 3.63) is 0 Å². The lowest BCUT2D eigenvalue weighted by molar-refractivity contribution is 0.0649. The molecule has 3 fully saturated rings. The predicted octanol–water partition coefficient (Wildman–Crippen LogP) is 2.78. The van der Waals surface area contributed by atoms with Gasteiger partial charge in [-0.25, -0.2) is 0 Å². The zero-order valence-corrected chi connectivity index (χ0v) is 11.5. The van der Waals surface area contributed by atoms with E-state index in [-0.39, 0.29) is 0 Å². The molecule has 0 amide bonds. The number of hydrogen-bond acceptors (Lipinski definition) is 2. The van der Waals surface area contributed by atoms with Gasteiger partial charge in [-0.1, -0.05) is 26.7 Å². The van der Waals surface area contributed by atoms with E-state index in [4.69, 9.17) is 0 Å². The Morgan fingerprint density at radius 2 is 1.82 bits per heavy atom. The summed E-state index contributed by atoms with van der Waals surface area (Å²) in [4.78, 5) is 2.79. The molecule has 2 saturated carbocycles. The maximum Gasteiger partial charge on any atom is 0.0209 e. The second-order valence-electron chi connectivity index (χ2n) is 7.17. The normalized spacial score (nSPS) is 38.5. The smallest absolute Gasteiger partial charge is 0.0209 e. The van der Waals surface area contributed by atoms with Crippen molar-refractivity contribution < 1.29 is 0 Å². The van der Waals surface area contributed by atoms with Gasteiger partial charge in [-0.2, -0.15) is 0 Å². The van der Waals surface area contributed by atoms with Crippen molar-refractivity contribution in [2.24, 2.45) is 5.41 Å². The van der Waals surface area contributed by atoms with Crippen LogP contribution in [0, 0.1) is 5.41 Å². The van der Waals surface area contributed by atoms with Crippen LogP contribution in [0.3, 0.4) is 0 Å². The molecule has 0 aromatic heterocycles. The Balaban J connectivity index is 1.56. The van der Waals surface area contributed by atoms with Gasteiger partial charge >= 0.3 is 0 Å². The van der Waals surface area contributed by atoms with Crippen LogP contribution in [-0.2, 0) is 0 Å². The third kappa shape index (κ3) is 2.68. The van der Waals surface area contributed by atoms with Crippen molar-refractivity contribution in [3.63, 3.8) is 0 Å². The highest BCUT2D eigenvalue weighted by atomic mass is 15.2. The Morgan fingerprint density at radius 3 is 2.53 bits per heavy atom. The molecular weight excluding hydrogens is 208 g/mol. The largest absolute Gasteiger partial charge is 0.310 e. The second-order valence-corrected chi connectivity index (χ2v) is 7.17. The fraction of sp³-hybridized carbons (Fsp3) is 1.00. The summed E-state index contributed by atoms with van der Waals surface area (Å²) in [5.74, 6) is 0. The maximum atomic E-state index is 3.81. The highest BCUT2D eigenvalue weighted by Crippen LogP contribution is 2.39. The van der Waals surface area contributed by atoms with E-state index in [2.05, 4.69) is 24.1 Å². The topological polar surface area (TPSA) is 15.3 Å². The predicted molar refractivity (Wildman–Crippen MR) is 72.2 cm³/mol. The highest BCUT2D eigenvalue weighted by Gasteiger charge is 2.39. The van der Waals surface area contributed by atoms with Gasteiger partial charge in [0.05, 0.1) is 0 Å². The average molecular weight is 236 g/mol. The van der Waals surface area contributed by atoms with Crippen LogP contribution < -0.4 is 5.32 Å². The SMILES string of the molecule is CC1(C)CCCCC1N1CCC(NC2CC2)C1. The third-order valence-electron chi connectivity index (χ3n) is 5.16. The van der Waals surface area contributed by atoms with E-state index in [1.54, 1.807) is 0 Å². The summed E-state index contributed by atoms with van der Waals surface area (Å²) in [5, 5.41) is 3.81. The Bertz CT molecular complexity index is 270. The highest BCUT2D eigenvalue weighted by molar-refractivity contribution is 4.96. The minimum atomic E-state index is 0.548. The molecule has 98 valence electrons. The van der Waals surface area contributed by atoms with Gasteiger partial charge < -0.3 is 5.32 Å². The van der Waals surface area contributed by atoms with Crippen LogP contribution in [-0.4, -0.2) is 36.1 Å². The van der Waals surface area contributed by atoms with Gasteiger partial charge in [-0.15, -0.1) is 0 Å². The van der Waals surface area contributed by atoms with Gasteiger partial charge in [-0.05, 0) is 37.5 Å². The van der Waals surface area contributed by atoms with E-state index < -0.39 is 0 Å². The Hall–Kier alpha value is -0.0800. The number of likely N-dealkylation sites (tertiary alicyclic amines) is 1. The van der Waals surface area contributed by atoms with Crippen LogP contribution in [0.1, 0.15) is 58.8 Å². The van der Waals surface area contributed by atoms with Crippen molar-refractivity contribution in [3.8, 4) is 0 Å². The zero-order chi connectivity index (χ0) is 11.9. The molecule has 2 heteroatoms. The van der Waals surface area contributed by atoms with Crippen LogP contribution in [0.15, 0.2) is 0 Å². The molecule has 1 heterocycles. The first-order chi connectivity index (χ1) is 8.15.